The van der Waals surface area contributed by atoms with Crippen LogP contribution in [0.4, 0.5) is 5.69 Å². The fourth-order valence-corrected chi connectivity index (χ4v) is 2.12. The summed E-state index contributed by atoms with van der Waals surface area (Å²) >= 11 is 0. The Morgan fingerprint density at radius 1 is 1.25 bits per heavy atom. The molecule has 0 saturated carbocycles. The van der Waals surface area contributed by atoms with E-state index in [1.807, 2.05) is 31.2 Å². The first-order valence-electron chi connectivity index (χ1n) is 6.21. The third-order valence-corrected chi connectivity index (χ3v) is 3.06. The first-order chi connectivity index (χ1) is 9.61. The molecule has 0 atom stereocenters. The summed E-state index contributed by atoms with van der Waals surface area (Å²) in [5.74, 6) is 0.561. The zero-order valence-electron chi connectivity index (χ0n) is 10.9. The molecule has 0 fully saturated rings. The van der Waals surface area contributed by atoms with Crippen LogP contribution in [0.1, 0.15) is 17.0 Å². The zero-order valence-corrected chi connectivity index (χ0v) is 10.9. The van der Waals surface area contributed by atoms with E-state index in [2.05, 4.69) is 4.98 Å². The minimum atomic E-state index is -0.404. The molecule has 0 bridgehead atoms. The molecule has 0 saturated heterocycles. The van der Waals surface area contributed by atoms with Gasteiger partial charge in [0, 0.05) is 18.6 Å². The highest BCUT2D eigenvalue weighted by Crippen LogP contribution is 2.20. The number of nitro groups is 1. The van der Waals surface area contributed by atoms with E-state index in [9.17, 15) is 10.1 Å². The standard InChI is InChI=1S/C15H12N2O3/c1-10-5-6-14-13(7-10)16-15(20-14)9-11-3-2-4-12(8-11)17(18)19/h2-8H,9H2,1H3. The summed E-state index contributed by atoms with van der Waals surface area (Å²) in [6, 6.07) is 12.3. The van der Waals surface area contributed by atoms with E-state index in [-0.39, 0.29) is 5.69 Å². The van der Waals surface area contributed by atoms with Gasteiger partial charge in [-0.05, 0) is 30.2 Å². The molecule has 0 aliphatic heterocycles. The minimum Gasteiger partial charge on any atom is -0.440 e. The lowest BCUT2D eigenvalue weighted by Gasteiger charge is -1.97. The first kappa shape index (κ1) is 12.3. The van der Waals surface area contributed by atoms with Gasteiger partial charge in [-0.1, -0.05) is 18.2 Å². The molecule has 0 radical (unpaired) electrons. The Balaban J connectivity index is 1.92. The fraction of sp³-hybridized carbons (Fsp3) is 0.133. The van der Waals surface area contributed by atoms with Gasteiger partial charge in [0.25, 0.3) is 5.69 Å². The normalized spacial score (nSPS) is 10.8. The molecule has 1 heterocycles. The van der Waals surface area contributed by atoms with Gasteiger partial charge in [0.15, 0.2) is 11.5 Å². The third-order valence-electron chi connectivity index (χ3n) is 3.06. The van der Waals surface area contributed by atoms with E-state index < -0.39 is 4.92 Å². The maximum Gasteiger partial charge on any atom is 0.269 e. The molecule has 1 aromatic heterocycles. The van der Waals surface area contributed by atoms with Crippen molar-refractivity contribution in [1.82, 2.24) is 4.98 Å². The largest absolute Gasteiger partial charge is 0.440 e. The van der Waals surface area contributed by atoms with Crippen LogP contribution in [0.2, 0.25) is 0 Å². The van der Waals surface area contributed by atoms with Crippen molar-refractivity contribution in [2.75, 3.05) is 0 Å². The quantitative estimate of drug-likeness (QED) is 0.537. The van der Waals surface area contributed by atoms with Crippen molar-refractivity contribution in [2.24, 2.45) is 0 Å². The second-order valence-corrected chi connectivity index (χ2v) is 4.68. The van der Waals surface area contributed by atoms with E-state index in [4.69, 9.17) is 4.42 Å². The van der Waals surface area contributed by atoms with Crippen LogP contribution in [0.5, 0.6) is 0 Å². The van der Waals surface area contributed by atoms with Gasteiger partial charge < -0.3 is 4.42 Å². The number of aromatic nitrogens is 1. The Morgan fingerprint density at radius 2 is 2.10 bits per heavy atom. The van der Waals surface area contributed by atoms with Crippen LogP contribution >= 0.6 is 0 Å². The summed E-state index contributed by atoms with van der Waals surface area (Å²) in [7, 11) is 0. The van der Waals surface area contributed by atoms with Gasteiger partial charge in [0.2, 0.25) is 0 Å². The topological polar surface area (TPSA) is 69.2 Å². The number of hydrogen-bond acceptors (Lipinski definition) is 4. The molecule has 0 amide bonds. The number of non-ortho nitro benzene ring substituents is 1. The Labute approximate surface area is 115 Å². The fourth-order valence-electron chi connectivity index (χ4n) is 2.12. The van der Waals surface area contributed by atoms with Crippen LogP contribution in [-0.2, 0) is 6.42 Å². The Bertz CT molecular complexity index is 793. The number of hydrogen-bond donors (Lipinski definition) is 0. The molecule has 0 spiro atoms. The molecular weight excluding hydrogens is 256 g/mol. The molecule has 0 aliphatic rings. The predicted molar refractivity (Wildman–Crippen MR) is 74.6 cm³/mol. The number of nitro benzene ring substituents is 1. The van der Waals surface area contributed by atoms with E-state index in [0.29, 0.717) is 12.3 Å². The van der Waals surface area contributed by atoms with E-state index in [0.717, 1.165) is 22.2 Å². The number of fused-ring (bicyclic) bond motifs is 1. The van der Waals surface area contributed by atoms with Crippen molar-refractivity contribution >= 4 is 16.8 Å². The Kier molecular flexibility index (Phi) is 2.95. The smallest absolute Gasteiger partial charge is 0.269 e. The molecule has 0 unspecified atom stereocenters. The van der Waals surface area contributed by atoms with Crippen molar-refractivity contribution in [2.45, 2.75) is 13.3 Å². The number of nitrogens with zero attached hydrogens (tertiary/aromatic N) is 2. The van der Waals surface area contributed by atoms with Crippen LogP contribution in [0.15, 0.2) is 46.9 Å². The van der Waals surface area contributed by atoms with Crippen LogP contribution in [0.3, 0.4) is 0 Å². The number of rotatable bonds is 3. The van der Waals surface area contributed by atoms with Gasteiger partial charge in [0.1, 0.15) is 5.52 Å². The molecule has 0 aliphatic carbocycles. The molecule has 5 heteroatoms. The van der Waals surface area contributed by atoms with Crippen molar-refractivity contribution < 1.29 is 9.34 Å². The van der Waals surface area contributed by atoms with Crippen molar-refractivity contribution in [3.05, 3.63) is 69.6 Å². The SMILES string of the molecule is Cc1ccc2oc(Cc3cccc([N+](=O)[O-])c3)nc2c1. The third kappa shape index (κ3) is 2.38. The summed E-state index contributed by atoms with van der Waals surface area (Å²) in [6.45, 7) is 1.99. The van der Waals surface area contributed by atoms with Gasteiger partial charge in [-0.2, -0.15) is 0 Å². The van der Waals surface area contributed by atoms with Gasteiger partial charge in [-0.25, -0.2) is 4.98 Å². The molecular formula is C15H12N2O3. The second kappa shape index (κ2) is 4.77. The molecule has 5 nitrogen and oxygen atoms in total. The summed E-state index contributed by atoms with van der Waals surface area (Å²) in [5.41, 5.74) is 3.55. The van der Waals surface area contributed by atoms with Gasteiger partial charge in [-0.3, -0.25) is 10.1 Å². The molecule has 3 rings (SSSR count). The summed E-state index contributed by atoms with van der Waals surface area (Å²) < 4.78 is 5.65. The molecule has 2 aromatic carbocycles. The average Bonchev–Trinajstić information content (AvgIpc) is 2.80. The van der Waals surface area contributed by atoms with Gasteiger partial charge >= 0.3 is 0 Å². The average molecular weight is 268 g/mol. The Morgan fingerprint density at radius 3 is 2.90 bits per heavy atom. The van der Waals surface area contributed by atoms with Crippen LogP contribution in [-0.4, -0.2) is 9.91 Å². The lowest BCUT2D eigenvalue weighted by molar-refractivity contribution is -0.384. The maximum atomic E-state index is 10.8. The molecule has 20 heavy (non-hydrogen) atoms. The lowest BCUT2D eigenvalue weighted by Crippen LogP contribution is -1.92. The highest BCUT2D eigenvalue weighted by molar-refractivity contribution is 5.73. The minimum absolute atomic E-state index is 0.0782. The highest BCUT2D eigenvalue weighted by Gasteiger charge is 2.10. The zero-order chi connectivity index (χ0) is 14.1. The summed E-state index contributed by atoms with van der Waals surface area (Å²) in [6.07, 6.45) is 0.440. The van der Waals surface area contributed by atoms with Crippen LogP contribution < -0.4 is 0 Å². The number of oxazole rings is 1. The monoisotopic (exact) mass is 268 g/mol. The maximum absolute atomic E-state index is 10.8. The first-order valence-corrected chi connectivity index (χ1v) is 6.21. The number of aryl methyl sites for hydroxylation is 1. The van der Waals surface area contributed by atoms with Crippen molar-refractivity contribution in [1.29, 1.82) is 0 Å². The molecule has 0 N–H and O–H groups in total. The van der Waals surface area contributed by atoms with Crippen LogP contribution in [0, 0.1) is 17.0 Å². The Hall–Kier alpha value is -2.69. The lowest BCUT2D eigenvalue weighted by atomic mass is 10.1. The van der Waals surface area contributed by atoms with E-state index >= 15 is 0 Å². The summed E-state index contributed by atoms with van der Waals surface area (Å²) in [5, 5.41) is 10.8. The highest BCUT2D eigenvalue weighted by atomic mass is 16.6. The van der Waals surface area contributed by atoms with E-state index in [1.54, 1.807) is 12.1 Å². The summed E-state index contributed by atoms with van der Waals surface area (Å²) in [4.78, 5) is 14.8. The predicted octanol–water partition coefficient (Wildman–Crippen LogP) is 3.64. The van der Waals surface area contributed by atoms with Gasteiger partial charge in [-0.15, -0.1) is 0 Å². The molecule has 100 valence electrons. The number of benzene rings is 2. The van der Waals surface area contributed by atoms with Crippen molar-refractivity contribution in [3.8, 4) is 0 Å². The molecule has 3 aromatic rings. The second-order valence-electron chi connectivity index (χ2n) is 4.68. The van der Waals surface area contributed by atoms with Crippen molar-refractivity contribution in [3.63, 3.8) is 0 Å². The van der Waals surface area contributed by atoms with Crippen LogP contribution in [0.25, 0.3) is 11.1 Å². The van der Waals surface area contributed by atoms with E-state index in [1.165, 1.54) is 6.07 Å². The van der Waals surface area contributed by atoms with Gasteiger partial charge in [0.05, 0.1) is 4.92 Å².